The Balaban J connectivity index is 1.48. The molecule has 2 aromatic rings. The van der Waals surface area contributed by atoms with Crippen molar-refractivity contribution in [3.05, 3.63) is 66.2 Å². The SMILES string of the molecule is CCCCCCCCCN(CC)C1CCN(CCC(CN(C)S(=O)(=O)c2ccccc2)c2ccccc2)CC1. The molecule has 1 saturated heterocycles. The van der Waals surface area contributed by atoms with E-state index in [2.05, 4.69) is 47.9 Å². The van der Waals surface area contributed by atoms with E-state index in [1.807, 2.05) is 12.1 Å². The van der Waals surface area contributed by atoms with E-state index in [0.29, 0.717) is 17.5 Å². The summed E-state index contributed by atoms with van der Waals surface area (Å²) in [7, 11) is -1.79. The minimum absolute atomic E-state index is 0.164. The third-order valence-electron chi connectivity index (χ3n) is 8.52. The smallest absolute Gasteiger partial charge is 0.242 e. The monoisotopic (exact) mass is 555 g/mol. The second kappa shape index (κ2) is 17.2. The molecule has 0 bridgehead atoms. The Morgan fingerprint density at radius 1 is 0.846 bits per heavy atom. The number of sulfonamides is 1. The molecule has 1 atom stereocenters. The quantitative estimate of drug-likeness (QED) is 0.185. The predicted molar refractivity (Wildman–Crippen MR) is 165 cm³/mol. The lowest BCUT2D eigenvalue weighted by Gasteiger charge is -2.38. The average Bonchev–Trinajstić information content (AvgIpc) is 2.98. The van der Waals surface area contributed by atoms with Gasteiger partial charge in [-0.2, -0.15) is 0 Å². The Kier molecular flexibility index (Phi) is 14.0. The van der Waals surface area contributed by atoms with Crippen LogP contribution in [0, 0.1) is 0 Å². The highest BCUT2D eigenvalue weighted by Gasteiger charge is 2.27. The van der Waals surface area contributed by atoms with Crippen LogP contribution in [0.2, 0.25) is 0 Å². The van der Waals surface area contributed by atoms with Crippen LogP contribution in [-0.4, -0.2) is 74.9 Å². The largest absolute Gasteiger partial charge is 0.303 e. The highest BCUT2D eigenvalue weighted by Crippen LogP contribution is 2.26. The number of likely N-dealkylation sites (tertiary alicyclic amines) is 1. The number of hydrogen-bond donors (Lipinski definition) is 0. The van der Waals surface area contributed by atoms with Crippen molar-refractivity contribution >= 4 is 10.0 Å². The lowest BCUT2D eigenvalue weighted by molar-refractivity contribution is 0.108. The summed E-state index contributed by atoms with van der Waals surface area (Å²) in [4.78, 5) is 5.68. The number of piperidine rings is 1. The van der Waals surface area contributed by atoms with Gasteiger partial charge in [0.2, 0.25) is 10.0 Å². The molecule has 1 aliphatic heterocycles. The topological polar surface area (TPSA) is 43.9 Å². The van der Waals surface area contributed by atoms with Gasteiger partial charge in [-0.25, -0.2) is 12.7 Å². The fourth-order valence-corrected chi connectivity index (χ4v) is 7.22. The molecule has 0 N–H and O–H groups in total. The molecule has 6 heteroatoms. The maximum Gasteiger partial charge on any atom is 0.242 e. The Morgan fingerprint density at radius 3 is 2.05 bits per heavy atom. The number of hydrogen-bond acceptors (Lipinski definition) is 4. The number of benzene rings is 2. The van der Waals surface area contributed by atoms with Crippen LogP contribution in [0.1, 0.15) is 89.5 Å². The standard InChI is InChI=1S/C33H53N3O2S/c1-4-6-7-8-9-10-17-25-36(5-2)32-23-27-35(28-24-32)26-22-31(30-18-13-11-14-19-30)29-34(3)39(37,38)33-20-15-12-16-21-33/h11-16,18-21,31-32H,4-10,17,22-29H2,1-3H3. The van der Waals surface area contributed by atoms with Crippen molar-refractivity contribution < 1.29 is 8.42 Å². The van der Waals surface area contributed by atoms with Crippen molar-refractivity contribution in [2.45, 2.75) is 94.9 Å². The van der Waals surface area contributed by atoms with Crippen molar-refractivity contribution in [2.75, 3.05) is 46.3 Å². The van der Waals surface area contributed by atoms with E-state index in [1.165, 1.54) is 74.2 Å². The van der Waals surface area contributed by atoms with E-state index < -0.39 is 10.0 Å². The van der Waals surface area contributed by atoms with Crippen molar-refractivity contribution in [3.63, 3.8) is 0 Å². The van der Waals surface area contributed by atoms with Gasteiger partial charge in [0, 0.05) is 19.6 Å². The molecule has 0 aliphatic carbocycles. The average molecular weight is 556 g/mol. The van der Waals surface area contributed by atoms with E-state index in [1.54, 1.807) is 31.3 Å². The maximum absolute atomic E-state index is 13.2. The van der Waals surface area contributed by atoms with Crippen molar-refractivity contribution in [1.29, 1.82) is 0 Å². The molecule has 2 aromatic carbocycles. The lowest BCUT2D eigenvalue weighted by atomic mass is 9.94. The zero-order valence-electron chi connectivity index (χ0n) is 24.8. The second-order valence-electron chi connectivity index (χ2n) is 11.3. The van der Waals surface area contributed by atoms with Crippen LogP contribution >= 0.6 is 0 Å². The summed E-state index contributed by atoms with van der Waals surface area (Å²) in [5, 5.41) is 0. The normalized spacial score (nSPS) is 16.2. The van der Waals surface area contributed by atoms with Crippen molar-refractivity contribution in [1.82, 2.24) is 14.1 Å². The second-order valence-corrected chi connectivity index (χ2v) is 13.4. The third-order valence-corrected chi connectivity index (χ3v) is 10.4. The summed E-state index contributed by atoms with van der Waals surface area (Å²) in [6, 6.07) is 19.9. The highest BCUT2D eigenvalue weighted by atomic mass is 32.2. The van der Waals surface area contributed by atoms with Crippen LogP contribution in [0.25, 0.3) is 0 Å². The summed E-state index contributed by atoms with van der Waals surface area (Å²) in [5.74, 6) is 0.164. The molecule has 1 fully saturated rings. The van der Waals surface area contributed by atoms with E-state index in [4.69, 9.17) is 0 Å². The van der Waals surface area contributed by atoms with Gasteiger partial charge < -0.3 is 9.80 Å². The van der Waals surface area contributed by atoms with Crippen LogP contribution in [-0.2, 0) is 10.0 Å². The Labute approximate surface area is 239 Å². The minimum Gasteiger partial charge on any atom is -0.303 e. The molecule has 39 heavy (non-hydrogen) atoms. The first kappa shape index (κ1) is 31.8. The molecular formula is C33H53N3O2S. The third kappa shape index (κ3) is 10.3. The molecule has 0 spiro atoms. The zero-order chi connectivity index (χ0) is 27.9. The predicted octanol–water partition coefficient (Wildman–Crippen LogP) is 7.02. The molecule has 0 aromatic heterocycles. The fraction of sp³-hybridized carbons (Fsp3) is 0.636. The van der Waals surface area contributed by atoms with Gasteiger partial charge in [0.15, 0.2) is 0 Å². The van der Waals surface area contributed by atoms with E-state index in [9.17, 15) is 8.42 Å². The van der Waals surface area contributed by atoms with Crippen LogP contribution in [0.4, 0.5) is 0 Å². The molecular weight excluding hydrogens is 502 g/mol. The molecule has 5 nitrogen and oxygen atoms in total. The molecule has 1 aliphatic rings. The number of unbranched alkanes of at least 4 members (excludes halogenated alkanes) is 6. The van der Waals surface area contributed by atoms with Crippen LogP contribution in [0.5, 0.6) is 0 Å². The number of rotatable bonds is 18. The first-order valence-corrected chi connectivity index (χ1v) is 16.9. The lowest BCUT2D eigenvalue weighted by Crippen LogP contribution is -2.45. The van der Waals surface area contributed by atoms with Gasteiger partial charge in [-0.15, -0.1) is 0 Å². The summed E-state index contributed by atoms with van der Waals surface area (Å²) in [6.45, 7) is 10.8. The van der Waals surface area contributed by atoms with Crippen LogP contribution < -0.4 is 0 Å². The number of nitrogens with zero attached hydrogens (tertiary/aromatic N) is 3. The van der Waals surface area contributed by atoms with Gasteiger partial charge >= 0.3 is 0 Å². The van der Waals surface area contributed by atoms with Crippen molar-refractivity contribution in [3.8, 4) is 0 Å². The van der Waals surface area contributed by atoms with Gasteiger partial charge in [0.1, 0.15) is 0 Å². The van der Waals surface area contributed by atoms with Gasteiger partial charge in [0.05, 0.1) is 4.90 Å². The van der Waals surface area contributed by atoms with Gasteiger partial charge in [0.25, 0.3) is 0 Å². The van der Waals surface area contributed by atoms with E-state index in [-0.39, 0.29) is 5.92 Å². The van der Waals surface area contributed by atoms with Crippen LogP contribution in [0.3, 0.4) is 0 Å². The molecule has 218 valence electrons. The van der Waals surface area contributed by atoms with Gasteiger partial charge in [-0.3, -0.25) is 0 Å². The molecule has 0 radical (unpaired) electrons. The number of likely N-dealkylation sites (N-methyl/N-ethyl adjacent to an activating group) is 1. The zero-order valence-corrected chi connectivity index (χ0v) is 25.6. The first-order valence-electron chi connectivity index (χ1n) is 15.5. The summed E-state index contributed by atoms with van der Waals surface area (Å²) < 4.78 is 27.9. The molecule has 0 saturated carbocycles. The maximum atomic E-state index is 13.2. The van der Waals surface area contributed by atoms with Gasteiger partial charge in [-0.1, -0.05) is 101 Å². The summed E-state index contributed by atoms with van der Waals surface area (Å²) >= 11 is 0. The van der Waals surface area contributed by atoms with Crippen LogP contribution in [0.15, 0.2) is 65.6 Å². The Bertz CT molecular complexity index is 1010. The molecule has 0 amide bonds. The van der Waals surface area contributed by atoms with Gasteiger partial charge in [-0.05, 0) is 82.0 Å². The van der Waals surface area contributed by atoms with E-state index >= 15 is 0 Å². The van der Waals surface area contributed by atoms with Crippen molar-refractivity contribution in [2.24, 2.45) is 0 Å². The highest BCUT2D eigenvalue weighted by molar-refractivity contribution is 7.89. The molecule has 1 unspecified atom stereocenters. The summed E-state index contributed by atoms with van der Waals surface area (Å²) in [6.07, 6.45) is 13.0. The Hall–Kier alpha value is -1.73. The fourth-order valence-electron chi connectivity index (χ4n) is 5.99. The van der Waals surface area contributed by atoms with E-state index in [0.717, 1.165) is 32.6 Å². The molecule has 3 rings (SSSR count). The first-order chi connectivity index (χ1) is 19.0. The summed E-state index contributed by atoms with van der Waals surface area (Å²) in [5.41, 5.74) is 1.22. The Morgan fingerprint density at radius 2 is 1.44 bits per heavy atom. The molecule has 1 heterocycles. The minimum atomic E-state index is -3.51.